The van der Waals surface area contributed by atoms with E-state index in [1.54, 1.807) is 11.1 Å². The number of halogens is 1. The highest BCUT2D eigenvalue weighted by Crippen LogP contribution is 2.15. The van der Waals surface area contributed by atoms with Gasteiger partial charge in [-0.15, -0.1) is 0 Å². The van der Waals surface area contributed by atoms with Gasteiger partial charge in [-0.05, 0) is 48.2 Å². The molecule has 0 aliphatic carbocycles. The lowest BCUT2D eigenvalue weighted by atomic mass is 10.1. The molecule has 0 saturated carbocycles. The second-order valence-electron chi connectivity index (χ2n) is 5.87. The summed E-state index contributed by atoms with van der Waals surface area (Å²) in [5.41, 5.74) is 5.14. The van der Waals surface area contributed by atoms with Crippen molar-refractivity contribution in [3.8, 4) is 5.75 Å². The fourth-order valence-corrected chi connectivity index (χ4v) is 2.70. The Kier molecular flexibility index (Phi) is 5.43. The minimum atomic E-state index is -0.254. The monoisotopic (exact) mass is 328 g/mol. The van der Waals surface area contributed by atoms with Crippen molar-refractivity contribution in [2.45, 2.75) is 25.9 Å². The fraction of sp³-hybridized carbons (Fsp3) is 0.316. The van der Waals surface area contributed by atoms with E-state index in [9.17, 15) is 9.18 Å². The average molecular weight is 328 g/mol. The van der Waals surface area contributed by atoms with Gasteiger partial charge in [0.1, 0.15) is 18.2 Å². The van der Waals surface area contributed by atoms with E-state index in [1.165, 1.54) is 17.7 Å². The van der Waals surface area contributed by atoms with Crippen LogP contribution in [0.25, 0.3) is 0 Å². The molecule has 1 heterocycles. The Morgan fingerprint density at radius 2 is 1.96 bits per heavy atom. The summed E-state index contributed by atoms with van der Waals surface area (Å²) in [5.74, 6) is 0.678. The summed E-state index contributed by atoms with van der Waals surface area (Å²) < 4.78 is 18.8. The summed E-state index contributed by atoms with van der Waals surface area (Å²) in [6.45, 7) is 1.87. The second kappa shape index (κ2) is 7.93. The number of ether oxygens (including phenoxy) is 1. The van der Waals surface area contributed by atoms with E-state index in [-0.39, 0.29) is 11.7 Å². The van der Waals surface area contributed by atoms with Crippen molar-refractivity contribution in [3.63, 3.8) is 0 Å². The maximum Gasteiger partial charge on any atom is 0.236 e. The number of carbonyl (C=O) groups excluding carboxylic acids is 1. The topological polar surface area (TPSA) is 41.6 Å². The summed E-state index contributed by atoms with van der Waals surface area (Å²) in [6.07, 6.45) is 2.42. The molecule has 1 N–H and O–H groups in total. The zero-order valence-electron chi connectivity index (χ0n) is 13.5. The number of amides is 1. The molecule has 4 nitrogen and oxygen atoms in total. The van der Waals surface area contributed by atoms with Gasteiger partial charge in [0.05, 0.1) is 0 Å². The Hall–Kier alpha value is -2.40. The molecule has 24 heavy (non-hydrogen) atoms. The van der Waals surface area contributed by atoms with Gasteiger partial charge in [0, 0.05) is 19.5 Å². The molecule has 1 aliphatic heterocycles. The summed E-state index contributed by atoms with van der Waals surface area (Å²) in [6, 6.07) is 14.2. The highest BCUT2D eigenvalue weighted by molar-refractivity contribution is 5.77. The molecule has 2 aromatic rings. The molecule has 1 amide bonds. The number of rotatable bonds is 7. The zero-order chi connectivity index (χ0) is 16.8. The Bertz CT molecular complexity index is 688. The van der Waals surface area contributed by atoms with Crippen molar-refractivity contribution in [2.75, 3.05) is 13.1 Å². The summed E-state index contributed by atoms with van der Waals surface area (Å²) in [7, 11) is 0. The number of carbonyl (C=O) groups is 1. The quantitative estimate of drug-likeness (QED) is 0.849. The molecule has 126 valence electrons. The summed E-state index contributed by atoms with van der Waals surface area (Å²) in [4.78, 5) is 11.5. The molecule has 1 fully saturated rings. The van der Waals surface area contributed by atoms with Crippen LogP contribution < -0.4 is 10.2 Å². The third-order valence-corrected chi connectivity index (χ3v) is 4.01. The van der Waals surface area contributed by atoms with Crippen molar-refractivity contribution in [1.29, 1.82) is 0 Å². The van der Waals surface area contributed by atoms with Crippen LogP contribution in [0.4, 0.5) is 4.39 Å². The number of nitrogens with one attached hydrogen (secondary N) is 1. The van der Waals surface area contributed by atoms with Crippen LogP contribution in [0, 0.1) is 5.82 Å². The van der Waals surface area contributed by atoms with Gasteiger partial charge in [-0.2, -0.15) is 0 Å². The minimum absolute atomic E-state index is 0.177. The van der Waals surface area contributed by atoms with Crippen LogP contribution in [0.15, 0.2) is 48.5 Å². The van der Waals surface area contributed by atoms with E-state index in [4.69, 9.17) is 4.74 Å². The number of nitrogens with zero attached hydrogens (tertiary/aromatic N) is 1. The molecule has 1 aliphatic rings. The van der Waals surface area contributed by atoms with Crippen molar-refractivity contribution in [1.82, 2.24) is 10.4 Å². The van der Waals surface area contributed by atoms with Gasteiger partial charge >= 0.3 is 0 Å². The molecule has 0 aromatic heterocycles. The first kappa shape index (κ1) is 16.5. The highest BCUT2D eigenvalue weighted by atomic mass is 19.1. The van der Waals surface area contributed by atoms with Crippen LogP contribution in [0.1, 0.15) is 24.0 Å². The van der Waals surface area contributed by atoms with Gasteiger partial charge in [0.25, 0.3) is 0 Å². The number of hydrogen-bond donors (Lipinski definition) is 1. The van der Waals surface area contributed by atoms with Gasteiger partial charge in [0.2, 0.25) is 5.91 Å². The standard InChI is InChI=1S/C19H21FN2O2/c20-17-4-1-3-16(13-17)14-24-18-8-6-15(7-9-18)10-11-21-22-12-2-5-19(22)23/h1,3-4,6-9,13,21H,2,5,10-12,14H2. The van der Waals surface area contributed by atoms with Crippen molar-refractivity contribution in [3.05, 3.63) is 65.5 Å². The Morgan fingerprint density at radius 3 is 2.67 bits per heavy atom. The molecule has 0 bridgehead atoms. The van der Waals surface area contributed by atoms with E-state index in [1.807, 2.05) is 30.3 Å². The van der Waals surface area contributed by atoms with Gasteiger partial charge in [0.15, 0.2) is 0 Å². The fourth-order valence-electron chi connectivity index (χ4n) is 2.70. The molecular formula is C19H21FN2O2. The summed E-state index contributed by atoms with van der Waals surface area (Å²) in [5, 5.41) is 1.70. The van der Waals surface area contributed by atoms with Crippen LogP contribution in [0.3, 0.4) is 0 Å². The lowest BCUT2D eigenvalue weighted by molar-refractivity contribution is -0.130. The first-order valence-electron chi connectivity index (χ1n) is 8.21. The van der Waals surface area contributed by atoms with Crippen LogP contribution in [0.2, 0.25) is 0 Å². The maximum atomic E-state index is 13.1. The zero-order valence-corrected chi connectivity index (χ0v) is 13.5. The van der Waals surface area contributed by atoms with Crippen molar-refractivity contribution >= 4 is 5.91 Å². The predicted molar refractivity (Wildman–Crippen MR) is 89.8 cm³/mol. The van der Waals surface area contributed by atoms with E-state index in [0.717, 1.165) is 37.2 Å². The molecule has 0 spiro atoms. The average Bonchev–Trinajstić information content (AvgIpc) is 2.99. The lowest BCUT2D eigenvalue weighted by Crippen LogP contribution is -2.39. The van der Waals surface area contributed by atoms with E-state index < -0.39 is 0 Å². The first-order chi connectivity index (χ1) is 11.7. The van der Waals surface area contributed by atoms with Crippen LogP contribution in [0.5, 0.6) is 5.75 Å². The Labute approximate surface area is 141 Å². The predicted octanol–water partition coefficient (Wildman–Crippen LogP) is 3.07. The van der Waals surface area contributed by atoms with Crippen molar-refractivity contribution < 1.29 is 13.9 Å². The molecular weight excluding hydrogens is 307 g/mol. The molecule has 2 aromatic carbocycles. The normalized spacial score (nSPS) is 14.2. The number of benzene rings is 2. The third-order valence-electron chi connectivity index (χ3n) is 4.01. The second-order valence-corrected chi connectivity index (χ2v) is 5.87. The van der Waals surface area contributed by atoms with Crippen LogP contribution in [-0.2, 0) is 17.8 Å². The Morgan fingerprint density at radius 1 is 1.12 bits per heavy atom. The first-order valence-corrected chi connectivity index (χ1v) is 8.21. The molecule has 0 radical (unpaired) electrons. The smallest absolute Gasteiger partial charge is 0.236 e. The van der Waals surface area contributed by atoms with Crippen LogP contribution in [-0.4, -0.2) is 24.0 Å². The van der Waals surface area contributed by atoms with Gasteiger partial charge in [-0.1, -0.05) is 24.3 Å². The number of hydrogen-bond acceptors (Lipinski definition) is 3. The minimum Gasteiger partial charge on any atom is -0.489 e. The van der Waals surface area contributed by atoms with E-state index >= 15 is 0 Å². The van der Waals surface area contributed by atoms with Gasteiger partial charge in [-0.3, -0.25) is 9.80 Å². The Balaban J connectivity index is 1.44. The lowest BCUT2D eigenvalue weighted by Gasteiger charge is -2.16. The van der Waals surface area contributed by atoms with Gasteiger partial charge in [-0.25, -0.2) is 9.82 Å². The van der Waals surface area contributed by atoms with Crippen LogP contribution >= 0.6 is 0 Å². The molecule has 1 saturated heterocycles. The molecule has 0 atom stereocenters. The van der Waals surface area contributed by atoms with Gasteiger partial charge < -0.3 is 4.74 Å². The number of hydrazine groups is 1. The maximum absolute atomic E-state index is 13.1. The molecule has 0 unspecified atom stereocenters. The largest absolute Gasteiger partial charge is 0.489 e. The SMILES string of the molecule is O=C1CCCN1NCCc1ccc(OCc2cccc(F)c2)cc1. The van der Waals surface area contributed by atoms with Crippen molar-refractivity contribution in [2.24, 2.45) is 0 Å². The molecule has 5 heteroatoms. The van der Waals surface area contributed by atoms with E-state index in [0.29, 0.717) is 13.0 Å². The third kappa shape index (κ3) is 4.55. The van der Waals surface area contributed by atoms with E-state index in [2.05, 4.69) is 5.43 Å². The highest BCUT2D eigenvalue weighted by Gasteiger charge is 2.19. The summed E-state index contributed by atoms with van der Waals surface area (Å²) >= 11 is 0. The molecule has 3 rings (SSSR count).